The summed E-state index contributed by atoms with van der Waals surface area (Å²) in [5.74, 6) is 0.817. The molecular weight excluding hydrogens is 264 g/mol. The van der Waals surface area contributed by atoms with Gasteiger partial charge in [0.15, 0.2) is 6.61 Å². The number of nitrogens with one attached hydrogen (secondary N) is 1. The van der Waals surface area contributed by atoms with Gasteiger partial charge in [-0.05, 0) is 26.8 Å². The molecule has 1 aromatic rings. The molecule has 0 heterocycles. The molecule has 0 saturated heterocycles. The maximum atomic E-state index is 12.0. The first-order valence-corrected chi connectivity index (χ1v) is 7.71. The maximum absolute atomic E-state index is 12.0. The largest absolute Gasteiger partial charge is 0.483 e. The van der Waals surface area contributed by atoms with Crippen LogP contribution >= 0.6 is 0 Å². The van der Waals surface area contributed by atoms with Gasteiger partial charge in [0.25, 0.3) is 5.91 Å². The molecule has 4 heteroatoms. The summed E-state index contributed by atoms with van der Waals surface area (Å²) >= 11 is 0. The van der Waals surface area contributed by atoms with Crippen LogP contribution in [0.2, 0.25) is 0 Å². The molecular formula is C17H28N2O2. The van der Waals surface area contributed by atoms with E-state index < -0.39 is 0 Å². The molecule has 0 aliphatic carbocycles. The monoisotopic (exact) mass is 292 g/mol. The van der Waals surface area contributed by atoms with E-state index in [4.69, 9.17) is 4.74 Å². The standard InChI is InChI=1S/C17H28N2O2/c1-6-19(7-2)17(20)12-21-16-9-8-14(5)10-15(16)11-18-13(3)4/h8-10,13,18H,6-7,11-12H2,1-5H3. The Morgan fingerprint density at radius 3 is 2.52 bits per heavy atom. The number of amides is 1. The zero-order valence-corrected chi connectivity index (χ0v) is 13.9. The Bertz CT molecular complexity index is 454. The predicted molar refractivity (Wildman–Crippen MR) is 86.6 cm³/mol. The number of nitrogens with zero attached hydrogens (tertiary/aromatic N) is 1. The molecule has 118 valence electrons. The minimum Gasteiger partial charge on any atom is -0.483 e. The van der Waals surface area contributed by atoms with Crippen molar-refractivity contribution in [3.8, 4) is 5.75 Å². The van der Waals surface area contributed by atoms with Gasteiger partial charge < -0.3 is 15.0 Å². The highest BCUT2D eigenvalue weighted by atomic mass is 16.5. The number of carbonyl (C=O) groups is 1. The van der Waals surface area contributed by atoms with Crippen LogP contribution in [0, 0.1) is 6.92 Å². The van der Waals surface area contributed by atoms with Crippen LogP contribution in [0.25, 0.3) is 0 Å². The van der Waals surface area contributed by atoms with Crippen molar-refractivity contribution >= 4 is 5.91 Å². The second-order valence-corrected chi connectivity index (χ2v) is 5.50. The van der Waals surface area contributed by atoms with Gasteiger partial charge in [-0.2, -0.15) is 0 Å². The predicted octanol–water partition coefficient (Wildman–Crippen LogP) is 2.74. The van der Waals surface area contributed by atoms with E-state index in [9.17, 15) is 4.79 Å². The number of likely N-dealkylation sites (N-methyl/N-ethyl adjacent to an activating group) is 1. The van der Waals surface area contributed by atoms with Gasteiger partial charge >= 0.3 is 0 Å². The molecule has 0 atom stereocenters. The maximum Gasteiger partial charge on any atom is 0.260 e. The van der Waals surface area contributed by atoms with E-state index >= 15 is 0 Å². The Labute approximate surface area is 128 Å². The zero-order valence-electron chi connectivity index (χ0n) is 13.9. The molecule has 1 amide bonds. The minimum atomic E-state index is 0.0309. The van der Waals surface area contributed by atoms with Gasteiger partial charge in [-0.15, -0.1) is 0 Å². The Morgan fingerprint density at radius 2 is 1.95 bits per heavy atom. The van der Waals surface area contributed by atoms with Crippen molar-refractivity contribution < 1.29 is 9.53 Å². The van der Waals surface area contributed by atoms with Crippen molar-refractivity contribution in [3.05, 3.63) is 29.3 Å². The molecule has 0 fully saturated rings. The fourth-order valence-electron chi connectivity index (χ4n) is 2.11. The summed E-state index contributed by atoms with van der Waals surface area (Å²) in [5, 5.41) is 3.39. The third kappa shape index (κ3) is 5.76. The van der Waals surface area contributed by atoms with E-state index in [2.05, 4.69) is 32.2 Å². The number of hydrogen-bond donors (Lipinski definition) is 1. The summed E-state index contributed by atoms with van der Waals surface area (Å²) in [6, 6.07) is 6.47. The second kappa shape index (κ2) is 8.67. The number of aryl methyl sites for hydroxylation is 1. The lowest BCUT2D eigenvalue weighted by Crippen LogP contribution is -2.34. The Hall–Kier alpha value is -1.55. The molecule has 0 aliphatic heterocycles. The second-order valence-electron chi connectivity index (χ2n) is 5.50. The quantitative estimate of drug-likeness (QED) is 0.801. The SMILES string of the molecule is CCN(CC)C(=O)COc1ccc(C)cc1CNC(C)C. The van der Waals surface area contributed by atoms with E-state index in [0.717, 1.165) is 17.9 Å². The number of ether oxygens (including phenoxy) is 1. The van der Waals surface area contributed by atoms with E-state index in [0.29, 0.717) is 19.1 Å². The van der Waals surface area contributed by atoms with Gasteiger partial charge in [0.2, 0.25) is 0 Å². The van der Waals surface area contributed by atoms with Crippen molar-refractivity contribution in [2.24, 2.45) is 0 Å². The lowest BCUT2D eigenvalue weighted by molar-refractivity contribution is -0.132. The Kier molecular flexibility index (Phi) is 7.23. The summed E-state index contributed by atoms with van der Waals surface area (Å²) < 4.78 is 5.74. The summed E-state index contributed by atoms with van der Waals surface area (Å²) in [6.45, 7) is 12.5. The Balaban J connectivity index is 2.71. The van der Waals surface area contributed by atoms with Crippen LogP contribution in [0.4, 0.5) is 0 Å². The van der Waals surface area contributed by atoms with Gasteiger partial charge in [0, 0.05) is 31.2 Å². The van der Waals surface area contributed by atoms with Crippen LogP contribution in [-0.4, -0.2) is 36.5 Å². The molecule has 0 unspecified atom stereocenters. The van der Waals surface area contributed by atoms with Crippen molar-refractivity contribution in [2.75, 3.05) is 19.7 Å². The van der Waals surface area contributed by atoms with E-state index in [1.807, 2.05) is 26.0 Å². The van der Waals surface area contributed by atoms with Crippen molar-refractivity contribution in [3.63, 3.8) is 0 Å². The van der Waals surface area contributed by atoms with E-state index in [1.165, 1.54) is 5.56 Å². The first-order valence-electron chi connectivity index (χ1n) is 7.71. The molecule has 0 bridgehead atoms. The first-order chi connectivity index (χ1) is 9.97. The molecule has 1 aromatic carbocycles. The third-order valence-corrected chi connectivity index (χ3v) is 3.38. The summed E-state index contributed by atoms with van der Waals surface area (Å²) in [7, 11) is 0. The average molecular weight is 292 g/mol. The van der Waals surface area contributed by atoms with Gasteiger partial charge in [-0.25, -0.2) is 0 Å². The van der Waals surface area contributed by atoms with Crippen molar-refractivity contribution in [1.82, 2.24) is 10.2 Å². The molecule has 0 saturated carbocycles. The third-order valence-electron chi connectivity index (χ3n) is 3.38. The lowest BCUT2D eigenvalue weighted by atomic mass is 10.1. The smallest absolute Gasteiger partial charge is 0.260 e. The number of hydrogen-bond acceptors (Lipinski definition) is 3. The molecule has 4 nitrogen and oxygen atoms in total. The molecule has 0 radical (unpaired) electrons. The molecule has 0 spiro atoms. The van der Waals surface area contributed by atoms with Crippen LogP contribution in [-0.2, 0) is 11.3 Å². The normalized spacial score (nSPS) is 10.8. The summed E-state index contributed by atoms with van der Waals surface area (Å²) in [4.78, 5) is 13.8. The van der Waals surface area contributed by atoms with Crippen LogP contribution < -0.4 is 10.1 Å². The summed E-state index contributed by atoms with van der Waals surface area (Å²) in [6.07, 6.45) is 0. The highest BCUT2D eigenvalue weighted by Crippen LogP contribution is 2.20. The molecule has 1 rings (SSSR count). The van der Waals surface area contributed by atoms with Gasteiger partial charge in [-0.1, -0.05) is 31.5 Å². The topological polar surface area (TPSA) is 41.6 Å². The molecule has 21 heavy (non-hydrogen) atoms. The Morgan fingerprint density at radius 1 is 1.29 bits per heavy atom. The highest BCUT2D eigenvalue weighted by Gasteiger charge is 2.12. The van der Waals surface area contributed by atoms with Crippen LogP contribution in [0.5, 0.6) is 5.75 Å². The fourth-order valence-corrected chi connectivity index (χ4v) is 2.11. The molecule has 0 aromatic heterocycles. The van der Waals surface area contributed by atoms with Crippen molar-refractivity contribution in [2.45, 2.75) is 47.2 Å². The molecule has 1 N–H and O–H groups in total. The van der Waals surface area contributed by atoms with E-state index in [1.54, 1.807) is 4.90 Å². The lowest BCUT2D eigenvalue weighted by Gasteiger charge is -2.20. The molecule has 0 aliphatic rings. The van der Waals surface area contributed by atoms with Crippen LogP contribution in [0.1, 0.15) is 38.8 Å². The van der Waals surface area contributed by atoms with Gasteiger partial charge in [-0.3, -0.25) is 4.79 Å². The van der Waals surface area contributed by atoms with Crippen LogP contribution in [0.15, 0.2) is 18.2 Å². The highest BCUT2D eigenvalue weighted by molar-refractivity contribution is 5.77. The number of benzene rings is 1. The first kappa shape index (κ1) is 17.5. The zero-order chi connectivity index (χ0) is 15.8. The number of carbonyl (C=O) groups excluding carboxylic acids is 1. The van der Waals surface area contributed by atoms with Gasteiger partial charge in [0.05, 0.1) is 0 Å². The van der Waals surface area contributed by atoms with Crippen molar-refractivity contribution in [1.29, 1.82) is 0 Å². The van der Waals surface area contributed by atoms with E-state index in [-0.39, 0.29) is 12.5 Å². The summed E-state index contributed by atoms with van der Waals surface area (Å²) in [5.41, 5.74) is 2.29. The fraction of sp³-hybridized carbons (Fsp3) is 0.588. The number of rotatable bonds is 8. The van der Waals surface area contributed by atoms with Gasteiger partial charge in [0.1, 0.15) is 5.75 Å². The van der Waals surface area contributed by atoms with Crippen LogP contribution in [0.3, 0.4) is 0 Å². The minimum absolute atomic E-state index is 0.0309. The average Bonchev–Trinajstić information content (AvgIpc) is 2.45.